The molecule has 0 radical (unpaired) electrons. The monoisotopic (exact) mass is 307 g/mol. The van der Waals surface area contributed by atoms with E-state index in [9.17, 15) is 23.3 Å². The van der Waals surface area contributed by atoms with E-state index in [0.29, 0.717) is 0 Å². The summed E-state index contributed by atoms with van der Waals surface area (Å²) in [4.78, 5) is 16.8. The lowest BCUT2D eigenvalue weighted by Gasteiger charge is -1.97. The van der Waals surface area contributed by atoms with E-state index in [1.54, 1.807) is 0 Å². The Morgan fingerprint density at radius 3 is 2.60 bits per heavy atom. The summed E-state index contributed by atoms with van der Waals surface area (Å²) in [7, 11) is 0. The first kappa shape index (κ1) is 14.1. The SMILES string of the molecule is O.O=[N+]([O-])c1cc2nc(C(F)(F)F)nc2c2[nH]snc12. The number of hydrogen-bond acceptors (Lipinski definition) is 6. The molecule has 0 unspecified atom stereocenters. The number of imidazole rings is 1. The molecule has 0 bridgehead atoms. The predicted octanol–water partition coefficient (Wildman–Crippen LogP) is 1.67. The number of fused-ring (bicyclic) bond motifs is 3. The zero-order valence-corrected chi connectivity index (χ0v) is 10.0. The maximum absolute atomic E-state index is 12.5. The number of rotatable bonds is 1. The van der Waals surface area contributed by atoms with Crippen molar-refractivity contribution >= 4 is 39.5 Å². The highest BCUT2D eigenvalue weighted by atomic mass is 32.1. The second-order valence-electron chi connectivity index (χ2n) is 3.57. The van der Waals surface area contributed by atoms with Crippen molar-refractivity contribution in [1.82, 2.24) is 18.7 Å². The lowest BCUT2D eigenvalue weighted by atomic mass is 10.2. The topological polar surface area (TPSA) is 129 Å². The molecule has 0 aliphatic rings. The van der Waals surface area contributed by atoms with Crippen molar-refractivity contribution in [3.05, 3.63) is 22.0 Å². The number of nitrogens with zero attached hydrogens (tertiary/aromatic N) is 4. The molecule has 106 valence electrons. The number of halogens is 3. The summed E-state index contributed by atoms with van der Waals surface area (Å²) >= 11 is 0.788. The molecule has 0 fully saturated rings. The number of nitro groups is 1. The van der Waals surface area contributed by atoms with E-state index in [1.165, 1.54) is 0 Å². The third-order valence-corrected chi connectivity index (χ3v) is 2.98. The molecule has 0 aliphatic heterocycles. The highest BCUT2D eigenvalue weighted by Gasteiger charge is 2.36. The molecule has 20 heavy (non-hydrogen) atoms. The maximum Gasteiger partial charge on any atom is 0.451 e. The van der Waals surface area contributed by atoms with Crippen LogP contribution < -0.4 is 0 Å². The molecule has 1 aromatic carbocycles. The van der Waals surface area contributed by atoms with Crippen molar-refractivity contribution in [3.63, 3.8) is 0 Å². The van der Waals surface area contributed by atoms with Crippen molar-refractivity contribution in [2.24, 2.45) is 0 Å². The van der Waals surface area contributed by atoms with Crippen LogP contribution >= 0.6 is 11.7 Å². The average Bonchev–Trinajstić information content (AvgIpc) is 2.92. The van der Waals surface area contributed by atoms with Crippen LogP contribution in [0.1, 0.15) is 5.82 Å². The first-order valence-electron chi connectivity index (χ1n) is 4.74. The fourth-order valence-electron chi connectivity index (χ4n) is 1.65. The number of nitro benzene ring substituents is 1. The first-order chi connectivity index (χ1) is 8.88. The molecule has 0 saturated heterocycles. The molecule has 0 spiro atoms. The second-order valence-corrected chi connectivity index (χ2v) is 4.14. The highest BCUT2D eigenvalue weighted by molar-refractivity contribution is 7.00. The molecule has 3 aromatic rings. The number of hydrogen-bond donors (Lipinski definition) is 1. The van der Waals surface area contributed by atoms with Gasteiger partial charge in [-0.15, -0.1) is 0 Å². The number of non-ortho nitro benzene ring substituents is 1. The van der Waals surface area contributed by atoms with E-state index >= 15 is 0 Å². The predicted molar refractivity (Wildman–Crippen MR) is 62.3 cm³/mol. The van der Waals surface area contributed by atoms with Crippen LogP contribution in [0, 0.1) is 10.1 Å². The van der Waals surface area contributed by atoms with Gasteiger partial charge in [0.1, 0.15) is 16.6 Å². The van der Waals surface area contributed by atoms with E-state index in [1.807, 2.05) is 0 Å². The number of alkyl halides is 3. The van der Waals surface area contributed by atoms with Crippen LogP contribution in [0.15, 0.2) is 6.07 Å². The van der Waals surface area contributed by atoms with Crippen LogP contribution in [0.2, 0.25) is 0 Å². The van der Waals surface area contributed by atoms with Crippen molar-refractivity contribution in [2.75, 3.05) is 0 Å². The van der Waals surface area contributed by atoms with Crippen LogP contribution in [0.5, 0.6) is 0 Å². The van der Waals surface area contributed by atoms with Crippen molar-refractivity contribution in [2.45, 2.75) is 6.18 Å². The molecule has 3 rings (SSSR count). The fraction of sp³-hybridized carbons (Fsp3) is 0.125. The summed E-state index contributed by atoms with van der Waals surface area (Å²) in [5, 5.41) is 10.8. The lowest BCUT2D eigenvalue weighted by Crippen LogP contribution is -2.06. The summed E-state index contributed by atoms with van der Waals surface area (Å²) in [6, 6.07) is 0.938. The lowest BCUT2D eigenvalue weighted by molar-refractivity contribution is -0.383. The summed E-state index contributed by atoms with van der Waals surface area (Å²) in [5.74, 6) is -1.33. The number of aromatic amines is 1. The van der Waals surface area contributed by atoms with Gasteiger partial charge in [0.2, 0.25) is 5.82 Å². The summed E-state index contributed by atoms with van der Waals surface area (Å²) in [6.45, 7) is 0. The molecule has 0 saturated carbocycles. The van der Waals surface area contributed by atoms with Gasteiger partial charge in [-0.3, -0.25) is 14.5 Å². The van der Waals surface area contributed by atoms with Crippen LogP contribution in [0.4, 0.5) is 18.9 Å². The first-order valence-corrected chi connectivity index (χ1v) is 5.51. The standard InChI is InChI=1S/C8H2F3N5O2S.H2O/c9-8(10,11)7-12-2-1-3(16(17)18)5-6(4(2)13-7)15-19-14-5;/h1,15H;1H2. The third-order valence-electron chi connectivity index (χ3n) is 2.41. The summed E-state index contributed by atoms with van der Waals surface area (Å²) < 4.78 is 43.9. The van der Waals surface area contributed by atoms with Crippen LogP contribution in [0.25, 0.3) is 22.1 Å². The Kier molecular flexibility index (Phi) is 3.06. The van der Waals surface area contributed by atoms with Crippen molar-refractivity contribution < 1.29 is 23.6 Å². The molecule has 0 aliphatic carbocycles. The van der Waals surface area contributed by atoms with Gasteiger partial charge in [0, 0.05) is 17.8 Å². The number of H-pyrrole nitrogens is 1. The third kappa shape index (κ3) is 1.94. The van der Waals surface area contributed by atoms with Crippen LogP contribution in [-0.4, -0.2) is 29.1 Å². The van der Waals surface area contributed by atoms with Crippen LogP contribution in [-0.2, 0) is 6.18 Å². The van der Waals surface area contributed by atoms with Gasteiger partial charge >= 0.3 is 6.18 Å². The minimum Gasteiger partial charge on any atom is -0.412 e. The molecule has 2 aromatic heterocycles. The Bertz CT molecular complexity index is 811. The molecule has 8 nitrogen and oxygen atoms in total. The van der Waals surface area contributed by atoms with Crippen molar-refractivity contribution in [1.29, 1.82) is 0 Å². The van der Waals surface area contributed by atoms with Gasteiger partial charge in [-0.1, -0.05) is 0 Å². The Morgan fingerprint density at radius 2 is 2.00 bits per heavy atom. The van der Waals surface area contributed by atoms with Gasteiger partial charge in [0.15, 0.2) is 5.52 Å². The number of benzene rings is 1. The fourth-order valence-corrected chi connectivity index (χ4v) is 2.25. The second kappa shape index (κ2) is 4.35. The zero-order valence-electron chi connectivity index (χ0n) is 9.22. The summed E-state index contributed by atoms with van der Waals surface area (Å²) in [6.07, 6.45) is -4.70. The zero-order chi connectivity index (χ0) is 13.8. The van der Waals surface area contributed by atoms with E-state index in [2.05, 4.69) is 18.7 Å². The van der Waals surface area contributed by atoms with Crippen LogP contribution in [0.3, 0.4) is 0 Å². The van der Waals surface area contributed by atoms with Gasteiger partial charge in [-0.05, 0) is 0 Å². The van der Waals surface area contributed by atoms with Gasteiger partial charge in [-0.25, -0.2) is 9.97 Å². The Hall–Kier alpha value is -2.34. The minimum absolute atomic E-state index is 0. The largest absolute Gasteiger partial charge is 0.451 e. The Balaban J connectivity index is 0.00000147. The van der Waals surface area contributed by atoms with Gasteiger partial charge in [0.25, 0.3) is 5.69 Å². The molecule has 12 heteroatoms. The van der Waals surface area contributed by atoms with E-state index in [-0.39, 0.29) is 27.5 Å². The quantitative estimate of drug-likeness (QED) is 0.540. The minimum atomic E-state index is -4.70. The molecule has 3 N–H and O–H groups in total. The molecular weight excluding hydrogens is 303 g/mol. The van der Waals surface area contributed by atoms with E-state index < -0.39 is 22.6 Å². The van der Waals surface area contributed by atoms with Gasteiger partial charge in [-0.2, -0.15) is 17.5 Å². The number of aromatic nitrogens is 4. The molecule has 0 atom stereocenters. The average molecular weight is 307 g/mol. The summed E-state index contributed by atoms with van der Waals surface area (Å²) in [5.41, 5.74) is -0.633. The smallest absolute Gasteiger partial charge is 0.412 e. The highest BCUT2D eigenvalue weighted by Crippen LogP contribution is 2.34. The Morgan fingerprint density at radius 1 is 1.30 bits per heavy atom. The van der Waals surface area contributed by atoms with Gasteiger partial charge < -0.3 is 5.48 Å². The number of nitrogens with one attached hydrogen (secondary N) is 1. The van der Waals surface area contributed by atoms with E-state index in [0.717, 1.165) is 17.8 Å². The van der Waals surface area contributed by atoms with Crippen molar-refractivity contribution in [3.8, 4) is 0 Å². The van der Waals surface area contributed by atoms with E-state index in [4.69, 9.17) is 0 Å². The normalized spacial score (nSPS) is 11.8. The molecular formula is C8H4F3N5O3S. The van der Waals surface area contributed by atoms with Gasteiger partial charge in [0.05, 0.1) is 4.92 Å². The maximum atomic E-state index is 12.5. The molecule has 0 amide bonds. The molecule has 2 heterocycles. The Labute approximate surface area is 111 Å².